The summed E-state index contributed by atoms with van der Waals surface area (Å²) in [6.07, 6.45) is 9.03. The van der Waals surface area contributed by atoms with Crippen LogP contribution in [0.5, 0.6) is 5.75 Å². The van der Waals surface area contributed by atoms with Crippen LogP contribution in [0.1, 0.15) is 51.1 Å². The van der Waals surface area contributed by atoms with E-state index in [2.05, 4.69) is 17.1 Å². The van der Waals surface area contributed by atoms with E-state index in [-0.39, 0.29) is 5.84 Å². The van der Waals surface area contributed by atoms with E-state index < -0.39 is 0 Å². The van der Waals surface area contributed by atoms with E-state index in [9.17, 15) is 0 Å². The number of ether oxygens (including phenoxy) is 1. The van der Waals surface area contributed by atoms with Crippen LogP contribution in [0.4, 0.5) is 0 Å². The summed E-state index contributed by atoms with van der Waals surface area (Å²) in [6, 6.07) is 3.45. The van der Waals surface area contributed by atoms with Gasteiger partial charge in [-0.2, -0.15) is 0 Å². The van der Waals surface area contributed by atoms with Crippen molar-refractivity contribution < 1.29 is 9.94 Å². The maximum Gasteiger partial charge on any atom is 0.188 e. The number of nitrogens with zero attached hydrogens (tertiary/aromatic N) is 2. The molecule has 0 atom stereocenters. The van der Waals surface area contributed by atoms with Gasteiger partial charge in [0.2, 0.25) is 0 Å². The molecule has 5 nitrogen and oxygen atoms in total. The molecule has 3 N–H and O–H groups in total. The van der Waals surface area contributed by atoms with E-state index in [1.165, 1.54) is 32.1 Å². The second-order valence-corrected chi connectivity index (χ2v) is 4.48. The minimum Gasteiger partial charge on any atom is -0.492 e. The quantitative estimate of drug-likeness (QED) is 0.236. The highest BCUT2D eigenvalue weighted by Crippen LogP contribution is 2.11. The Morgan fingerprint density at radius 1 is 1.26 bits per heavy atom. The zero-order chi connectivity index (χ0) is 13.9. The van der Waals surface area contributed by atoms with Crippen molar-refractivity contribution in [3.8, 4) is 5.75 Å². The highest BCUT2D eigenvalue weighted by atomic mass is 16.5. The van der Waals surface area contributed by atoms with Crippen molar-refractivity contribution in [2.24, 2.45) is 10.9 Å². The molecule has 0 aliphatic rings. The number of unbranched alkanes of at least 4 members (excludes halogenated alkanes) is 5. The fraction of sp³-hybridized carbons (Fsp3) is 0.571. The molecular formula is C14H23N3O2. The molecule has 106 valence electrons. The Bertz CT molecular complexity index is 377. The lowest BCUT2D eigenvalue weighted by Crippen LogP contribution is -2.14. The van der Waals surface area contributed by atoms with E-state index in [0.29, 0.717) is 18.1 Å². The zero-order valence-corrected chi connectivity index (χ0v) is 11.5. The predicted octanol–water partition coefficient (Wildman–Crippen LogP) is 2.92. The molecule has 19 heavy (non-hydrogen) atoms. The minimum atomic E-state index is 0.00229. The molecule has 0 aliphatic carbocycles. The summed E-state index contributed by atoms with van der Waals surface area (Å²) in [4.78, 5) is 4.05. The van der Waals surface area contributed by atoms with Gasteiger partial charge in [0.1, 0.15) is 11.4 Å². The van der Waals surface area contributed by atoms with Crippen LogP contribution < -0.4 is 10.5 Å². The minimum absolute atomic E-state index is 0.00229. The van der Waals surface area contributed by atoms with Crippen molar-refractivity contribution in [3.63, 3.8) is 0 Å². The zero-order valence-electron chi connectivity index (χ0n) is 11.5. The number of hydrogen-bond donors (Lipinski definition) is 2. The largest absolute Gasteiger partial charge is 0.492 e. The van der Waals surface area contributed by atoms with Gasteiger partial charge in [-0.1, -0.05) is 44.2 Å². The molecule has 0 saturated carbocycles. The summed E-state index contributed by atoms with van der Waals surface area (Å²) in [6.45, 7) is 2.92. The van der Waals surface area contributed by atoms with Gasteiger partial charge in [0.15, 0.2) is 5.84 Å². The molecule has 5 heteroatoms. The van der Waals surface area contributed by atoms with Crippen LogP contribution in [0.25, 0.3) is 0 Å². The van der Waals surface area contributed by atoms with Crippen LogP contribution >= 0.6 is 0 Å². The van der Waals surface area contributed by atoms with E-state index in [0.717, 1.165) is 6.42 Å². The molecule has 1 aromatic rings. The first kappa shape index (κ1) is 15.3. The lowest BCUT2D eigenvalue weighted by molar-refractivity contribution is 0.303. The van der Waals surface area contributed by atoms with Crippen molar-refractivity contribution in [2.75, 3.05) is 6.61 Å². The van der Waals surface area contributed by atoms with Gasteiger partial charge in [0, 0.05) is 0 Å². The summed E-state index contributed by atoms with van der Waals surface area (Å²) >= 11 is 0. The van der Waals surface area contributed by atoms with Gasteiger partial charge in [-0.05, 0) is 18.6 Å². The predicted molar refractivity (Wildman–Crippen MR) is 75.6 cm³/mol. The van der Waals surface area contributed by atoms with Gasteiger partial charge in [-0.15, -0.1) is 0 Å². The van der Waals surface area contributed by atoms with Crippen molar-refractivity contribution in [2.45, 2.75) is 45.4 Å². The maximum absolute atomic E-state index is 8.51. The van der Waals surface area contributed by atoms with E-state index in [1.54, 1.807) is 18.3 Å². The van der Waals surface area contributed by atoms with Crippen LogP contribution in [0.2, 0.25) is 0 Å². The molecule has 0 radical (unpaired) electrons. The Morgan fingerprint density at radius 3 is 2.63 bits per heavy atom. The van der Waals surface area contributed by atoms with Gasteiger partial charge in [-0.3, -0.25) is 0 Å². The molecular weight excluding hydrogens is 242 g/mol. The molecule has 1 heterocycles. The highest BCUT2D eigenvalue weighted by Gasteiger charge is 2.01. The number of pyridine rings is 1. The van der Waals surface area contributed by atoms with Crippen LogP contribution in [-0.4, -0.2) is 22.6 Å². The fourth-order valence-corrected chi connectivity index (χ4v) is 1.74. The first-order valence-electron chi connectivity index (χ1n) is 6.84. The average molecular weight is 265 g/mol. The Morgan fingerprint density at radius 2 is 2.00 bits per heavy atom. The van der Waals surface area contributed by atoms with E-state index in [1.807, 2.05) is 0 Å². The van der Waals surface area contributed by atoms with Crippen molar-refractivity contribution in [1.82, 2.24) is 4.98 Å². The Kier molecular flexibility index (Phi) is 7.39. The van der Waals surface area contributed by atoms with Gasteiger partial charge < -0.3 is 15.7 Å². The molecule has 1 aromatic heterocycles. The van der Waals surface area contributed by atoms with Gasteiger partial charge in [-0.25, -0.2) is 4.98 Å². The number of oxime groups is 1. The third kappa shape index (κ3) is 6.08. The molecule has 0 amide bonds. The standard InChI is InChI=1S/C14H23N3O2/c1-2-3-4-5-6-7-10-19-12-8-9-13(16-11-12)14(15)17-18/h8-9,11,18H,2-7,10H2,1H3,(H2,15,17). The Balaban J connectivity index is 2.19. The molecule has 0 aromatic carbocycles. The highest BCUT2D eigenvalue weighted by molar-refractivity contribution is 5.95. The molecule has 0 unspecified atom stereocenters. The third-order valence-corrected chi connectivity index (χ3v) is 2.87. The molecule has 1 rings (SSSR count). The first-order valence-corrected chi connectivity index (χ1v) is 6.84. The first-order chi connectivity index (χ1) is 9.27. The monoisotopic (exact) mass is 265 g/mol. The Labute approximate surface area is 114 Å². The lowest BCUT2D eigenvalue weighted by atomic mass is 10.1. The van der Waals surface area contributed by atoms with Crippen LogP contribution in [0.3, 0.4) is 0 Å². The van der Waals surface area contributed by atoms with Crippen LogP contribution in [0, 0.1) is 0 Å². The van der Waals surface area contributed by atoms with Crippen molar-refractivity contribution >= 4 is 5.84 Å². The van der Waals surface area contributed by atoms with E-state index in [4.69, 9.17) is 15.7 Å². The normalized spacial score (nSPS) is 11.5. The van der Waals surface area contributed by atoms with Crippen LogP contribution in [-0.2, 0) is 0 Å². The molecule has 0 fully saturated rings. The van der Waals surface area contributed by atoms with Crippen molar-refractivity contribution in [3.05, 3.63) is 24.0 Å². The van der Waals surface area contributed by atoms with Gasteiger partial charge in [0.25, 0.3) is 0 Å². The van der Waals surface area contributed by atoms with Gasteiger partial charge in [0.05, 0.1) is 12.8 Å². The van der Waals surface area contributed by atoms with Crippen molar-refractivity contribution in [1.29, 1.82) is 0 Å². The molecule has 0 spiro atoms. The second-order valence-electron chi connectivity index (χ2n) is 4.48. The molecule has 0 aliphatic heterocycles. The molecule has 0 saturated heterocycles. The number of rotatable bonds is 9. The third-order valence-electron chi connectivity index (χ3n) is 2.87. The van der Waals surface area contributed by atoms with Crippen LogP contribution in [0.15, 0.2) is 23.5 Å². The SMILES string of the molecule is CCCCCCCCOc1ccc(/C(N)=N/O)nc1. The lowest BCUT2D eigenvalue weighted by Gasteiger charge is -2.06. The smallest absolute Gasteiger partial charge is 0.188 e. The number of aromatic nitrogens is 1. The fourth-order valence-electron chi connectivity index (χ4n) is 1.74. The topological polar surface area (TPSA) is 80.7 Å². The maximum atomic E-state index is 8.51. The second kappa shape index (κ2) is 9.19. The number of hydrogen-bond acceptors (Lipinski definition) is 4. The number of amidine groups is 1. The van der Waals surface area contributed by atoms with Gasteiger partial charge >= 0.3 is 0 Å². The summed E-state index contributed by atoms with van der Waals surface area (Å²) in [5, 5.41) is 11.4. The summed E-state index contributed by atoms with van der Waals surface area (Å²) in [7, 11) is 0. The average Bonchev–Trinajstić information content (AvgIpc) is 2.46. The van der Waals surface area contributed by atoms with E-state index >= 15 is 0 Å². The summed E-state index contributed by atoms with van der Waals surface area (Å²) < 4.78 is 5.58. The Hall–Kier alpha value is -1.78. The number of nitrogens with two attached hydrogens (primary N) is 1. The summed E-state index contributed by atoms with van der Waals surface area (Å²) in [5.41, 5.74) is 5.86. The molecule has 0 bridgehead atoms. The summed E-state index contributed by atoms with van der Waals surface area (Å²) in [5.74, 6) is 0.713.